The molecule has 2 nitrogen and oxygen atoms in total. The van der Waals surface area contributed by atoms with Crippen LogP contribution in [0.25, 0.3) is 11.0 Å². The lowest BCUT2D eigenvalue weighted by Gasteiger charge is -2.31. The average molecular weight is 284 g/mol. The molecule has 0 saturated carbocycles. The van der Waals surface area contributed by atoms with Gasteiger partial charge in [0, 0.05) is 10.9 Å². The molecule has 1 aliphatic heterocycles. The Morgan fingerprint density at radius 1 is 1.42 bits per heavy atom. The Hall–Kier alpha value is -1.06. The predicted octanol–water partition coefficient (Wildman–Crippen LogP) is 4.10. The number of hydrogen-bond acceptors (Lipinski definition) is 2. The first-order valence-electron chi connectivity index (χ1n) is 6.67. The molecule has 0 aliphatic carbocycles. The summed E-state index contributed by atoms with van der Waals surface area (Å²) in [7, 11) is 0. The standard InChI is InChI=1S/C15H18FNO.ClH/c1-2-10-9-17-5-3-13(10)14-8-12(16)7-11-4-6-18-15(11)14;/h4,6-8,10,13,17H,2-3,5,9H2,1H3;1H. The van der Waals surface area contributed by atoms with Crippen LogP contribution in [0.5, 0.6) is 0 Å². The molecule has 0 spiro atoms. The topological polar surface area (TPSA) is 25.2 Å². The summed E-state index contributed by atoms with van der Waals surface area (Å²) in [5, 5.41) is 4.29. The first-order valence-corrected chi connectivity index (χ1v) is 6.67. The van der Waals surface area contributed by atoms with Crippen LogP contribution < -0.4 is 5.32 Å². The third-order valence-electron chi connectivity index (χ3n) is 4.08. The number of fused-ring (bicyclic) bond motifs is 1. The average Bonchev–Trinajstić information content (AvgIpc) is 2.85. The number of furan rings is 1. The summed E-state index contributed by atoms with van der Waals surface area (Å²) >= 11 is 0. The molecule has 2 heterocycles. The SMILES string of the molecule is CCC1CNCCC1c1cc(F)cc2ccoc12.Cl. The van der Waals surface area contributed by atoms with Gasteiger partial charge in [0.2, 0.25) is 0 Å². The van der Waals surface area contributed by atoms with Gasteiger partial charge >= 0.3 is 0 Å². The highest BCUT2D eigenvalue weighted by Gasteiger charge is 2.27. The molecule has 3 rings (SSSR count). The van der Waals surface area contributed by atoms with E-state index in [-0.39, 0.29) is 18.2 Å². The number of rotatable bonds is 2. The zero-order valence-electron chi connectivity index (χ0n) is 11.0. The fourth-order valence-electron chi connectivity index (χ4n) is 3.11. The van der Waals surface area contributed by atoms with Gasteiger partial charge in [-0.15, -0.1) is 12.4 Å². The van der Waals surface area contributed by atoms with Crippen LogP contribution in [0.3, 0.4) is 0 Å². The van der Waals surface area contributed by atoms with Gasteiger partial charge in [-0.05, 0) is 49.5 Å². The highest BCUT2D eigenvalue weighted by Crippen LogP contribution is 2.37. The second-order valence-corrected chi connectivity index (χ2v) is 5.10. The van der Waals surface area contributed by atoms with Crippen LogP contribution in [-0.2, 0) is 0 Å². The number of hydrogen-bond donors (Lipinski definition) is 1. The molecule has 1 N–H and O–H groups in total. The minimum absolute atomic E-state index is 0. The largest absolute Gasteiger partial charge is 0.464 e. The molecule has 2 aromatic rings. The van der Waals surface area contributed by atoms with E-state index in [9.17, 15) is 4.39 Å². The quantitative estimate of drug-likeness (QED) is 0.898. The molecule has 104 valence electrons. The summed E-state index contributed by atoms with van der Waals surface area (Å²) in [4.78, 5) is 0. The maximum Gasteiger partial charge on any atom is 0.137 e. The first kappa shape index (κ1) is 14.4. The van der Waals surface area contributed by atoms with Crippen molar-refractivity contribution in [2.75, 3.05) is 13.1 Å². The Morgan fingerprint density at radius 2 is 2.26 bits per heavy atom. The normalized spacial score (nSPS) is 23.3. The summed E-state index contributed by atoms with van der Waals surface area (Å²) in [6, 6.07) is 5.04. The lowest BCUT2D eigenvalue weighted by atomic mass is 9.79. The van der Waals surface area contributed by atoms with Crippen LogP contribution in [0.15, 0.2) is 28.9 Å². The lowest BCUT2D eigenvalue weighted by molar-refractivity contribution is 0.317. The van der Waals surface area contributed by atoms with E-state index in [0.29, 0.717) is 11.8 Å². The molecule has 2 atom stereocenters. The minimum atomic E-state index is -0.160. The smallest absolute Gasteiger partial charge is 0.137 e. The van der Waals surface area contributed by atoms with Crippen molar-refractivity contribution in [1.29, 1.82) is 0 Å². The van der Waals surface area contributed by atoms with Crippen molar-refractivity contribution in [3.8, 4) is 0 Å². The summed E-state index contributed by atoms with van der Waals surface area (Å²) in [6.45, 7) is 4.21. The molecule has 2 unspecified atom stereocenters. The van der Waals surface area contributed by atoms with E-state index >= 15 is 0 Å². The van der Waals surface area contributed by atoms with Gasteiger partial charge in [-0.3, -0.25) is 0 Å². The molecule has 0 radical (unpaired) electrons. The Balaban J connectivity index is 0.00000133. The molecule has 1 aromatic heterocycles. The van der Waals surface area contributed by atoms with Gasteiger partial charge in [0.05, 0.1) is 6.26 Å². The predicted molar refractivity (Wildman–Crippen MR) is 77.4 cm³/mol. The molecule has 1 aromatic carbocycles. The van der Waals surface area contributed by atoms with Gasteiger partial charge in [0.15, 0.2) is 0 Å². The first-order chi connectivity index (χ1) is 8.79. The van der Waals surface area contributed by atoms with Crippen molar-refractivity contribution in [2.45, 2.75) is 25.7 Å². The minimum Gasteiger partial charge on any atom is -0.464 e. The van der Waals surface area contributed by atoms with E-state index in [0.717, 1.165) is 42.5 Å². The molecule has 1 aliphatic rings. The van der Waals surface area contributed by atoms with E-state index in [1.54, 1.807) is 18.4 Å². The van der Waals surface area contributed by atoms with Crippen LogP contribution in [0, 0.1) is 11.7 Å². The lowest BCUT2D eigenvalue weighted by Crippen LogP contribution is -2.35. The van der Waals surface area contributed by atoms with Gasteiger partial charge in [0.25, 0.3) is 0 Å². The van der Waals surface area contributed by atoms with Gasteiger partial charge in [-0.1, -0.05) is 13.3 Å². The zero-order valence-corrected chi connectivity index (χ0v) is 11.8. The highest BCUT2D eigenvalue weighted by molar-refractivity contribution is 5.85. The summed E-state index contributed by atoms with van der Waals surface area (Å²) in [5.74, 6) is 0.807. The summed E-state index contributed by atoms with van der Waals surface area (Å²) in [5.41, 5.74) is 1.91. The molecule has 0 bridgehead atoms. The van der Waals surface area contributed by atoms with Crippen molar-refractivity contribution < 1.29 is 8.81 Å². The number of halogens is 2. The van der Waals surface area contributed by atoms with Crippen molar-refractivity contribution in [1.82, 2.24) is 5.32 Å². The van der Waals surface area contributed by atoms with E-state index < -0.39 is 0 Å². The van der Waals surface area contributed by atoms with Crippen molar-refractivity contribution in [3.05, 3.63) is 35.8 Å². The molecule has 1 fully saturated rings. The fraction of sp³-hybridized carbons (Fsp3) is 0.467. The van der Waals surface area contributed by atoms with Crippen molar-refractivity contribution in [2.24, 2.45) is 5.92 Å². The van der Waals surface area contributed by atoms with Crippen LogP contribution in [0.1, 0.15) is 31.2 Å². The zero-order chi connectivity index (χ0) is 12.5. The molecule has 1 saturated heterocycles. The maximum atomic E-state index is 13.7. The second kappa shape index (κ2) is 5.93. The fourth-order valence-corrected chi connectivity index (χ4v) is 3.11. The Bertz CT molecular complexity index is 554. The van der Waals surface area contributed by atoms with Crippen LogP contribution in [0.4, 0.5) is 4.39 Å². The Kier molecular flexibility index (Phi) is 4.48. The van der Waals surface area contributed by atoms with E-state index in [1.807, 2.05) is 6.07 Å². The van der Waals surface area contributed by atoms with Gasteiger partial charge in [-0.25, -0.2) is 4.39 Å². The monoisotopic (exact) mass is 283 g/mol. The van der Waals surface area contributed by atoms with Crippen LogP contribution in [-0.4, -0.2) is 13.1 Å². The van der Waals surface area contributed by atoms with Crippen molar-refractivity contribution in [3.63, 3.8) is 0 Å². The third-order valence-corrected chi connectivity index (χ3v) is 4.08. The number of piperidine rings is 1. The van der Waals surface area contributed by atoms with E-state index in [1.165, 1.54) is 0 Å². The van der Waals surface area contributed by atoms with Crippen LogP contribution >= 0.6 is 12.4 Å². The molecular weight excluding hydrogens is 265 g/mol. The summed E-state index contributed by atoms with van der Waals surface area (Å²) < 4.78 is 19.3. The molecule has 0 amide bonds. The van der Waals surface area contributed by atoms with E-state index in [4.69, 9.17) is 4.42 Å². The van der Waals surface area contributed by atoms with Crippen LogP contribution in [0.2, 0.25) is 0 Å². The Morgan fingerprint density at radius 3 is 3.05 bits per heavy atom. The van der Waals surface area contributed by atoms with Crippen molar-refractivity contribution >= 4 is 23.4 Å². The van der Waals surface area contributed by atoms with Gasteiger partial charge < -0.3 is 9.73 Å². The van der Waals surface area contributed by atoms with Gasteiger partial charge in [-0.2, -0.15) is 0 Å². The summed E-state index contributed by atoms with van der Waals surface area (Å²) in [6.07, 6.45) is 3.81. The number of benzene rings is 1. The maximum absolute atomic E-state index is 13.7. The molecule has 4 heteroatoms. The van der Waals surface area contributed by atoms with Gasteiger partial charge in [0.1, 0.15) is 11.4 Å². The third kappa shape index (κ3) is 2.63. The number of nitrogens with one attached hydrogen (secondary N) is 1. The second-order valence-electron chi connectivity index (χ2n) is 5.10. The highest BCUT2D eigenvalue weighted by atomic mass is 35.5. The molecule has 19 heavy (non-hydrogen) atoms. The Labute approximate surface area is 118 Å². The van der Waals surface area contributed by atoms with E-state index in [2.05, 4.69) is 12.2 Å². The molecular formula is C15H19ClFNO.